The second-order valence-electron chi connectivity index (χ2n) is 17.9. The molecule has 0 bridgehead atoms. The van der Waals surface area contributed by atoms with Crippen molar-refractivity contribution in [3.05, 3.63) is 271 Å². The molecule has 0 saturated carbocycles. The number of benzene rings is 11. The van der Waals surface area contributed by atoms with Crippen LogP contribution in [0, 0.1) is 0 Å². The highest BCUT2D eigenvalue weighted by molar-refractivity contribution is 6.20. The SMILES string of the molecule is c1ccc(C2(c3ccccc3)c3ccccc3-c3ccc(N(c4ccc(-c5ccc6oc7ccccc7c6c5)cc4)c4ccccc4-c4cccc5oc6c7ccccc7ccc6c45)cc32)cc1. The van der Waals surface area contributed by atoms with Crippen LogP contribution < -0.4 is 4.90 Å². The summed E-state index contributed by atoms with van der Waals surface area (Å²) in [5, 5.41) is 6.73. The fourth-order valence-corrected chi connectivity index (χ4v) is 11.4. The van der Waals surface area contributed by atoms with Crippen molar-refractivity contribution in [1.29, 1.82) is 0 Å². The predicted molar refractivity (Wildman–Crippen MR) is 281 cm³/mol. The standard InChI is InChI=1S/C65H41NO2/c1-3-17-45(18-4-1)65(46-19-5-2-6-20-46)57-26-12-9-22-50(57)51-38-36-48(41-58(51)65)66(47-34-30-42(31-35-47)44-33-39-61-56(40-44)53-24-11-14-28-60(53)67-61)59-27-13-10-23-52(59)54-25-15-29-62-63(54)55-37-32-43-16-7-8-21-49(43)64(55)68-62/h1-41H. The molecule has 3 heteroatoms. The molecule has 318 valence electrons. The van der Waals surface area contributed by atoms with Crippen LogP contribution >= 0.6 is 0 Å². The second kappa shape index (κ2) is 15.1. The highest BCUT2D eigenvalue weighted by atomic mass is 16.3. The Hall–Kier alpha value is -8.92. The number of nitrogens with zero attached hydrogens (tertiary/aromatic N) is 1. The Morgan fingerprint density at radius 2 is 0.941 bits per heavy atom. The topological polar surface area (TPSA) is 29.5 Å². The fraction of sp³-hybridized carbons (Fsp3) is 0.0154. The lowest BCUT2D eigenvalue weighted by Gasteiger charge is -2.35. The maximum atomic E-state index is 6.77. The Labute approximate surface area is 393 Å². The van der Waals surface area contributed by atoms with Crippen LogP contribution in [0.25, 0.3) is 88.0 Å². The predicted octanol–water partition coefficient (Wildman–Crippen LogP) is 17.8. The van der Waals surface area contributed by atoms with E-state index >= 15 is 0 Å². The maximum absolute atomic E-state index is 6.77. The zero-order chi connectivity index (χ0) is 44.8. The zero-order valence-electron chi connectivity index (χ0n) is 36.9. The van der Waals surface area contributed by atoms with E-state index in [-0.39, 0.29) is 0 Å². The number of hydrogen-bond acceptors (Lipinski definition) is 3. The van der Waals surface area contributed by atoms with Gasteiger partial charge in [0.15, 0.2) is 0 Å². The van der Waals surface area contributed by atoms with Crippen molar-refractivity contribution < 1.29 is 8.83 Å². The van der Waals surface area contributed by atoms with E-state index in [1.54, 1.807) is 0 Å². The van der Waals surface area contributed by atoms with E-state index in [1.165, 1.54) is 33.4 Å². The van der Waals surface area contributed by atoms with Crippen molar-refractivity contribution in [1.82, 2.24) is 0 Å². The molecular weight excluding hydrogens is 827 g/mol. The minimum absolute atomic E-state index is 0.556. The summed E-state index contributed by atoms with van der Waals surface area (Å²) in [5.41, 5.74) is 18.2. The summed E-state index contributed by atoms with van der Waals surface area (Å²) in [6.45, 7) is 0. The van der Waals surface area contributed by atoms with Crippen LogP contribution in [-0.2, 0) is 5.41 Å². The molecule has 0 atom stereocenters. The van der Waals surface area contributed by atoms with Crippen LogP contribution in [0.15, 0.2) is 258 Å². The Kier molecular flexibility index (Phi) is 8.50. The Morgan fingerprint density at radius 1 is 0.324 bits per heavy atom. The van der Waals surface area contributed by atoms with E-state index in [2.05, 4.69) is 241 Å². The number of anilines is 3. The third-order valence-electron chi connectivity index (χ3n) is 14.4. The lowest BCUT2D eigenvalue weighted by Crippen LogP contribution is -2.28. The number of furan rings is 2. The van der Waals surface area contributed by atoms with Gasteiger partial charge >= 0.3 is 0 Å². The van der Waals surface area contributed by atoms with Crippen molar-refractivity contribution in [2.24, 2.45) is 0 Å². The van der Waals surface area contributed by atoms with Gasteiger partial charge < -0.3 is 13.7 Å². The second-order valence-corrected chi connectivity index (χ2v) is 17.9. The first-order valence-corrected chi connectivity index (χ1v) is 23.3. The summed E-state index contributed by atoms with van der Waals surface area (Å²) in [5.74, 6) is 0. The Balaban J connectivity index is 1.00. The molecule has 0 fully saturated rings. The van der Waals surface area contributed by atoms with Gasteiger partial charge in [0, 0.05) is 43.9 Å². The van der Waals surface area contributed by atoms with E-state index in [4.69, 9.17) is 8.83 Å². The molecule has 0 aliphatic heterocycles. The number of rotatable bonds is 7. The average Bonchev–Trinajstić information content (AvgIpc) is 4.08. The lowest BCUT2D eigenvalue weighted by molar-refractivity contribution is 0.669. The number of fused-ring (bicyclic) bond motifs is 11. The third-order valence-corrected chi connectivity index (χ3v) is 14.4. The summed E-state index contributed by atoms with van der Waals surface area (Å²) in [6, 6.07) is 90.2. The van der Waals surface area contributed by atoms with E-state index in [9.17, 15) is 0 Å². The van der Waals surface area contributed by atoms with Gasteiger partial charge in [-0.15, -0.1) is 0 Å². The number of para-hydroxylation sites is 2. The Bertz CT molecular complexity index is 4050. The molecule has 68 heavy (non-hydrogen) atoms. The summed E-state index contributed by atoms with van der Waals surface area (Å²) < 4.78 is 13.0. The molecule has 0 saturated heterocycles. The molecular formula is C65H41NO2. The summed E-state index contributed by atoms with van der Waals surface area (Å²) in [7, 11) is 0. The van der Waals surface area contributed by atoms with Crippen molar-refractivity contribution in [3.63, 3.8) is 0 Å². The van der Waals surface area contributed by atoms with Gasteiger partial charge in [-0.2, -0.15) is 0 Å². The van der Waals surface area contributed by atoms with E-state index in [0.29, 0.717) is 0 Å². The van der Waals surface area contributed by atoms with Crippen LogP contribution in [0.2, 0.25) is 0 Å². The van der Waals surface area contributed by atoms with Crippen LogP contribution in [0.5, 0.6) is 0 Å². The molecule has 0 radical (unpaired) electrons. The maximum Gasteiger partial charge on any atom is 0.143 e. The third kappa shape index (κ3) is 5.66. The smallest absolute Gasteiger partial charge is 0.143 e. The van der Waals surface area contributed by atoms with Crippen molar-refractivity contribution in [2.75, 3.05) is 4.90 Å². The molecule has 1 aliphatic rings. The molecule has 0 amide bonds. The van der Waals surface area contributed by atoms with E-state index in [0.717, 1.165) is 94.0 Å². The number of hydrogen-bond donors (Lipinski definition) is 0. The van der Waals surface area contributed by atoms with Crippen molar-refractivity contribution >= 4 is 71.7 Å². The first kappa shape index (κ1) is 38.4. The van der Waals surface area contributed by atoms with Gasteiger partial charge in [0.1, 0.15) is 22.3 Å². The van der Waals surface area contributed by atoms with Gasteiger partial charge in [0.2, 0.25) is 0 Å². The summed E-state index contributed by atoms with van der Waals surface area (Å²) in [6.07, 6.45) is 0. The quantitative estimate of drug-likeness (QED) is 0.160. The molecule has 14 rings (SSSR count). The Morgan fingerprint density at radius 3 is 1.76 bits per heavy atom. The van der Waals surface area contributed by atoms with Gasteiger partial charge in [-0.05, 0) is 116 Å². The molecule has 11 aromatic carbocycles. The van der Waals surface area contributed by atoms with Crippen LogP contribution in [-0.4, -0.2) is 0 Å². The van der Waals surface area contributed by atoms with Crippen molar-refractivity contribution in [3.8, 4) is 33.4 Å². The fourth-order valence-electron chi connectivity index (χ4n) is 11.4. The van der Waals surface area contributed by atoms with Crippen molar-refractivity contribution in [2.45, 2.75) is 5.41 Å². The largest absolute Gasteiger partial charge is 0.456 e. The first-order valence-electron chi connectivity index (χ1n) is 23.3. The summed E-state index contributed by atoms with van der Waals surface area (Å²) >= 11 is 0. The highest BCUT2D eigenvalue weighted by Crippen LogP contribution is 2.57. The van der Waals surface area contributed by atoms with Gasteiger partial charge in [0.05, 0.1) is 11.1 Å². The molecule has 1 aliphatic carbocycles. The van der Waals surface area contributed by atoms with Gasteiger partial charge in [-0.1, -0.05) is 188 Å². The molecule has 3 nitrogen and oxygen atoms in total. The molecule has 2 heterocycles. The zero-order valence-corrected chi connectivity index (χ0v) is 36.9. The normalized spacial score (nSPS) is 12.8. The molecule has 0 unspecified atom stereocenters. The van der Waals surface area contributed by atoms with E-state index < -0.39 is 5.41 Å². The molecule has 0 spiro atoms. The molecule has 0 N–H and O–H groups in total. The van der Waals surface area contributed by atoms with Crippen LogP contribution in [0.3, 0.4) is 0 Å². The molecule has 13 aromatic rings. The first-order chi connectivity index (χ1) is 33.7. The minimum Gasteiger partial charge on any atom is -0.456 e. The molecule has 2 aromatic heterocycles. The minimum atomic E-state index is -0.556. The lowest BCUT2D eigenvalue weighted by atomic mass is 9.67. The van der Waals surface area contributed by atoms with Gasteiger partial charge in [0.25, 0.3) is 0 Å². The summed E-state index contributed by atoms with van der Waals surface area (Å²) in [4.78, 5) is 2.45. The van der Waals surface area contributed by atoms with Gasteiger partial charge in [-0.3, -0.25) is 0 Å². The van der Waals surface area contributed by atoms with Crippen LogP contribution in [0.1, 0.15) is 22.3 Å². The monoisotopic (exact) mass is 867 g/mol. The van der Waals surface area contributed by atoms with E-state index in [1.807, 2.05) is 12.1 Å². The van der Waals surface area contributed by atoms with Gasteiger partial charge in [-0.25, -0.2) is 0 Å². The highest BCUT2D eigenvalue weighted by Gasteiger charge is 2.46. The average molecular weight is 868 g/mol. The van der Waals surface area contributed by atoms with Crippen LogP contribution in [0.4, 0.5) is 17.1 Å².